The molecule has 0 heterocycles. The fourth-order valence-corrected chi connectivity index (χ4v) is 2.03. The van der Waals surface area contributed by atoms with Crippen LogP contribution >= 0.6 is 0 Å². The van der Waals surface area contributed by atoms with Crippen LogP contribution in [0.3, 0.4) is 0 Å². The summed E-state index contributed by atoms with van der Waals surface area (Å²) < 4.78 is 0. The number of benzene rings is 2. The molecule has 0 aromatic heterocycles. The van der Waals surface area contributed by atoms with E-state index in [1.807, 2.05) is 0 Å². The van der Waals surface area contributed by atoms with Gasteiger partial charge in [-0.15, -0.1) is 0 Å². The highest BCUT2D eigenvalue weighted by Gasteiger charge is 2.16. The molecule has 2 aromatic carbocycles. The molecule has 0 unspecified atom stereocenters. The second-order valence-corrected chi connectivity index (χ2v) is 7.22. The Hall–Kier alpha value is -1.56. The number of rotatable bonds is 2. The van der Waals surface area contributed by atoms with Crippen molar-refractivity contribution >= 4 is 0 Å². The average molecular weight is 282 g/mol. The average Bonchev–Trinajstić information content (AvgIpc) is 2.49. The minimum Gasteiger partial charge on any atom is -0.0646 e. The predicted molar refractivity (Wildman–Crippen MR) is 94.9 cm³/mol. The van der Waals surface area contributed by atoms with Gasteiger partial charge in [-0.05, 0) is 28.4 Å². The summed E-state index contributed by atoms with van der Waals surface area (Å²) >= 11 is 0. The van der Waals surface area contributed by atoms with Gasteiger partial charge < -0.3 is 0 Å². The summed E-state index contributed by atoms with van der Waals surface area (Å²) in [6, 6.07) is 21.2. The van der Waals surface area contributed by atoms with Crippen LogP contribution < -0.4 is 0 Å². The molecule has 0 fully saturated rings. The second-order valence-electron chi connectivity index (χ2n) is 7.22. The van der Waals surface area contributed by atoms with Crippen LogP contribution in [0.25, 0.3) is 0 Å². The van der Waals surface area contributed by atoms with E-state index in [4.69, 9.17) is 0 Å². The highest BCUT2D eigenvalue weighted by molar-refractivity contribution is 5.23. The summed E-state index contributed by atoms with van der Waals surface area (Å²) in [4.78, 5) is 0. The van der Waals surface area contributed by atoms with Crippen molar-refractivity contribution in [3.63, 3.8) is 0 Å². The van der Waals surface area contributed by atoms with Crippen molar-refractivity contribution in [3.8, 4) is 0 Å². The van der Waals surface area contributed by atoms with Crippen molar-refractivity contribution in [1.82, 2.24) is 0 Å². The third-order valence-corrected chi connectivity index (χ3v) is 4.08. The van der Waals surface area contributed by atoms with Crippen molar-refractivity contribution in [1.29, 1.82) is 0 Å². The molecule has 0 amide bonds. The Morgan fingerprint density at radius 2 is 1.00 bits per heavy atom. The summed E-state index contributed by atoms with van der Waals surface area (Å²) in [5, 5.41) is 0. The first-order valence-corrected chi connectivity index (χ1v) is 7.88. The lowest BCUT2D eigenvalue weighted by Gasteiger charge is -2.22. The van der Waals surface area contributed by atoms with Gasteiger partial charge in [0, 0.05) is 0 Å². The van der Waals surface area contributed by atoms with E-state index < -0.39 is 0 Å². The molecule has 0 aliphatic heterocycles. The quantitative estimate of drug-likeness (QED) is 0.601. The van der Waals surface area contributed by atoms with Crippen molar-refractivity contribution in [2.75, 3.05) is 0 Å². The van der Waals surface area contributed by atoms with Crippen LogP contribution in [0.4, 0.5) is 0 Å². The molecule has 0 saturated carbocycles. The van der Waals surface area contributed by atoms with Gasteiger partial charge in [-0.25, -0.2) is 0 Å². The smallest absolute Gasteiger partial charge is 0.0106 e. The Morgan fingerprint density at radius 1 is 0.619 bits per heavy atom. The van der Waals surface area contributed by atoms with Gasteiger partial charge in [-0.1, -0.05) is 102 Å². The van der Waals surface area contributed by atoms with E-state index in [0.717, 1.165) is 0 Å². The Morgan fingerprint density at radius 3 is 1.29 bits per heavy atom. The molecule has 2 rings (SSSR count). The second kappa shape index (κ2) is 7.45. The van der Waals surface area contributed by atoms with Gasteiger partial charge in [-0.3, -0.25) is 0 Å². The first-order chi connectivity index (χ1) is 9.77. The largest absolute Gasteiger partial charge is 0.0646 e. The van der Waals surface area contributed by atoms with Crippen molar-refractivity contribution in [3.05, 3.63) is 71.8 Å². The van der Waals surface area contributed by atoms with E-state index in [9.17, 15) is 0 Å². The lowest BCUT2D eigenvalue weighted by atomic mass is 9.82. The summed E-state index contributed by atoms with van der Waals surface area (Å²) in [5.74, 6) is 0. The first kappa shape index (κ1) is 17.5. The van der Waals surface area contributed by atoms with Gasteiger partial charge >= 0.3 is 0 Å². The predicted octanol–water partition coefficient (Wildman–Crippen LogP) is 6.36. The van der Waals surface area contributed by atoms with E-state index in [0.29, 0.717) is 10.8 Å². The van der Waals surface area contributed by atoms with Gasteiger partial charge in [0.25, 0.3) is 0 Å². The van der Waals surface area contributed by atoms with Crippen molar-refractivity contribution < 1.29 is 0 Å². The molecular weight excluding hydrogens is 252 g/mol. The zero-order valence-electron chi connectivity index (χ0n) is 14.5. The summed E-state index contributed by atoms with van der Waals surface area (Å²) in [7, 11) is 0. The third kappa shape index (κ3) is 5.75. The molecule has 0 bridgehead atoms. The number of hydrogen-bond acceptors (Lipinski definition) is 0. The highest BCUT2D eigenvalue weighted by Crippen LogP contribution is 2.25. The van der Waals surface area contributed by atoms with Crippen LogP contribution in [0.15, 0.2) is 60.7 Å². The Kier molecular flexibility index (Phi) is 6.20. The van der Waals surface area contributed by atoms with Crippen molar-refractivity contribution in [2.24, 2.45) is 0 Å². The van der Waals surface area contributed by atoms with Gasteiger partial charge in [0.2, 0.25) is 0 Å². The maximum absolute atomic E-state index is 2.28. The van der Waals surface area contributed by atoms with Crippen LogP contribution in [0, 0.1) is 0 Å². The van der Waals surface area contributed by atoms with Gasteiger partial charge in [0.05, 0.1) is 0 Å². The Labute approximate surface area is 131 Å². The topological polar surface area (TPSA) is 0 Å². The van der Waals surface area contributed by atoms with E-state index in [2.05, 4.69) is 102 Å². The van der Waals surface area contributed by atoms with Crippen LogP contribution in [0.5, 0.6) is 0 Å². The van der Waals surface area contributed by atoms with Gasteiger partial charge in [0.15, 0.2) is 0 Å². The van der Waals surface area contributed by atoms with Crippen LogP contribution in [0.1, 0.15) is 59.1 Å². The molecule has 0 heteroatoms. The molecule has 0 aliphatic rings. The normalized spacial score (nSPS) is 11.5. The van der Waals surface area contributed by atoms with E-state index in [-0.39, 0.29) is 0 Å². The van der Waals surface area contributed by atoms with Gasteiger partial charge in [-0.2, -0.15) is 0 Å². The Balaban J connectivity index is 0.000000211. The molecule has 0 radical (unpaired) electrons. The molecule has 114 valence electrons. The maximum atomic E-state index is 2.28. The molecule has 0 aliphatic carbocycles. The Bertz CT molecular complexity index is 501. The zero-order chi connectivity index (χ0) is 15.9. The summed E-state index contributed by atoms with van der Waals surface area (Å²) in [6.45, 7) is 13.5. The molecule has 0 N–H and O–H groups in total. The van der Waals surface area contributed by atoms with Crippen molar-refractivity contribution in [2.45, 2.75) is 58.8 Å². The maximum Gasteiger partial charge on any atom is -0.0106 e. The monoisotopic (exact) mass is 282 g/mol. The number of hydrogen-bond donors (Lipinski definition) is 0. The molecule has 0 atom stereocenters. The fourth-order valence-electron chi connectivity index (χ4n) is 2.03. The lowest BCUT2D eigenvalue weighted by Crippen LogP contribution is -2.14. The van der Waals surface area contributed by atoms with Gasteiger partial charge in [0.1, 0.15) is 0 Å². The fraction of sp³-hybridized carbons (Fsp3) is 0.429. The minimum atomic E-state index is 0.293. The van der Waals surface area contributed by atoms with Crippen LogP contribution in [-0.4, -0.2) is 0 Å². The van der Waals surface area contributed by atoms with E-state index >= 15 is 0 Å². The standard InChI is InChI=1S/C11H16.C10H14/c1-4-11(2,3)10-8-6-5-7-9-10;1-10(2,3)9-7-5-4-6-8-9/h5-9H,4H2,1-3H3;4-8H,1-3H3. The first-order valence-electron chi connectivity index (χ1n) is 7.88. The lowest BCUT2D eigenvalue weighted by molar-refractivity contribution is 0.506. The minimum absolute atomic E-state index is 0.293. The SMILES string of the molecule is CC(C)(C)c1ccccc1.CCC(C)(C)c1ccccc1. The van der Waals surface area contributed by atoms with Crippen LogP contribution in [-0.2, 0) is 10.8 Å². The molecular formula is C21H30. The summed E-state index contributed by atoms with van der Waals surface area (Å²) in [5.41, 5.74) is 3.46. The molecule has 2 aromatic rings. The zero-order valence-corrected chi connectivity index (χ0v) is 14.5. The third-order valence-electron chi connectivity index (χ3n) is 4.08. The molecule has 0 nitrogen and oxygen atoms in total. The summed E-state index contributed by atoms with van der Waals surface area (Å²) in [6.07, 6.45) is 1.19. The molecule has 0 spiro atoms. The highest BCUT2D eigenvalue weighted by atomic mass is 14.2. The molecule has 21 heavy (non-hydrogen) atoms. The molecule has 0 saturated heterocycles. The van der Waals surface area contributed by atoms with E-state index in [1.165, 1.54) is 17.5 Å². The van der Waals surface area contributed by atoms with Crippen LogP contribution in [0.2, 0.25) is 0 Å². The van der Waals surface area contributed by atoms with E-state index in [1.54, 1.807) is 0 Å².